The van der Waals surface area contributed by atoms with Crippen molar-refractivity contribution in [2.75, 3.05) is 5.32 Å². The normalized spacial score (nSPS) is 10.3. The first-order valence-electron chi connectivity index (χ1n) is 5.78. The number of halogens is 1. The van der Waals surface area contributed by atoms with Gasteiger partial charge in [-0.15, -0.1) is 0 Å². The van der Waals surface area contributed by atoms with Crippen molar-refractivity contribution in [3.8, 4) is 0 Å². The fourth-order valence-corrected chi connectivity index (χ4v) is 2.23. The molecule has 0 bridgehead atoms. The van der Waals surface area contributed by atoms with Crippen molar-refractivity contribution < 1.29 is 0 Å². The Bertz CT molecular complexity index is 641. The molecule has 0 saturated carbocycles. The van der Waals surface area contributed by atoms with Gasteiger partial charge in [-0.25, -0.2) is 4.98 Å². The summed E-state index contributed by atoms with van der Waals surface area (Å²) in [5.41, 5.74) is 9.49. The van der Waals surface area contributed by atoms with E-state index in [1.807, 2.05) is 44.2 Å². The van der Waals surface area contributed by atoms with Crippen LogP contribution in [0.3, 0.4) is 0 Å². The number of anilines is 2. The Kier molecular flexibility index (Phi) is 4.17. The van der Waals surface area contributed by atoms with Crippen molar-refractivity contribution in [2.45, 2.75) is 13.8 Å². The molecule has 0 aliphatic heterocycles. The Morgan fingerprint density at radius 3 is 2.68 bits per heavy atom. The number of nitrogens with one attached hydrogen (secondary N) is 1. The molecular formula is C14H14BrN3S. The Hall–Kier alpha value is -1.46. The molecular weight excluding hydrogens is 322 g/mol. The second kappa shape index (κ2) is 5.67. The summed E-state index contributed by atoms with van der Waals surface area (Å²) >= 11 is 8.52. The lowest BCUT2D eigenvalue weighted by Gasteiger charge is -2.13. The number of thiocarbonyl (C=S) groups is 1. The van der Waals surface area contributed by atoms with E-state index in [-0.39, 0.29) is 0 Å². The van der Waals surface area contributed by atoms with E-state index in [2.05, 4.69) is 26.2 Å². The molecule has 0 radical (unpaired) electrons. The summed E-state index contributed by atoms with van der Waals surface area (Å²) in [7, 11) is 0. The number of aromatic nitrogens is 1. The number of hydrogen-bond acceptors (Lipinski definition) is 3. The molecule has 0 amide bonds. The molecule has 5 heteroatoms. The molecule has 2 rings (SSSR count). The van der Waals surface area contributed by atoms with Crippen LogP contribution in [0, 0.1) is 13.8 Å². The summed E-state index contributed by atoms with van der Waals surface area (Å²) in [5, 5.41) is 3.30. The Labute approximate surface area is 126 Å². The van der Waals surface area contributed by atoms with Crippen molar-refractivity contribution in [3.63, 3.8) is 0 Å². The summed E-state index contributed by atoms with van der Waals surface area (Å²) < 4.78 is 1.00. The molecule has 19 heavy (non-hydrogen) atoms. The highest BCUT2D eigenvalue weighted by Gasteiger charge is 2.09. The number of nitrogens with zero attached hydrogens (tertiary/aromatic N) is 1. The van der Waals surface area contributed by atoms with Crippen molar-refractivity contribution >= 4 is 44.6 Å². The lowest BCUT2D eigenvalue weighted by atomic mass is 10.2. The maximum atomic E-state index is 5.73. The zero-order valence-electron chi connectivity index (χ0n) is 10.7. The second-order valence-corrected chi connectivity index (χ2v) is 5.65. The van der Waals surface area contributed by atoms with Gasteiger partial charge < -0.3 is 11.1 Å². The third kappa shape index (κ3) is 3.30. The molecule has 0 atom stereocenters. The van der Waals surface area contributed by atoms with Crippen LogP contribution >= 0.6 is 28.1 Å². The van der Waals surface area contributed by atoms with Gasteiger partial charge in [0.25, 0.3) is 0 Å². The van der Waals surface area contributed by atoms with E-state index in [0.717, 1.165) is 27.0 Å². The van der Waals surface area contributed by atoms with Gasteiger partial charge in [-0.2, -0.15) is 0 Å². The van der Waals surface area contributed by atoms with E-state index in [4.69, 9.17) is 18.0 Å². The van der Waals surface area contributed by atoms with E-state index in [1.54, 1.807) is 0 Å². The molecule has 1 heterocycles. The SMILES string of the molecule is Cc1ccc(C(N)=S)c(Nc2cc(Br)ccc2C)n1. The van der Waals surface area contributed by atoms with Crippen LogP contribution in [0.4, 0.5) is 11.5 Å². The average Bonchev–Trinajstić information content (AvgIpc) is 2.33. The molecule has 0 aliphatic carbocycles. The van der Waals surface area contributed by atoms with Crippen LogP contribution in [0.2, 0.25) is 0 Å². The maximum absolute atomic E-state index is 5.73. The molecule has 1 aromatic heterocycles. The van der Waals surface area contributed by atoms with Gasteiger partial charge in [0.1, 0.15) is 10.8 Å². The molecule has 1 aromatic carbocycles. The van der Waals surface area contributed by atoms with Gasteiger partial charge in [0.15, 0.2) is 0 Å². The van der Waals surface area contributed by atoms with Crippen LogP contribution in [0.15, 0.2) is 34.8 Å². The number of rotatable bonds is 3. The largest absolute Gasteiger partial charge is 0.389 e. The first kappa shape index (κ1) is 14.0. The zero-order chi connectivity index (χ0) is 14.0. The molecule has 0 fully saturated rings. The minimum absolute atomic E-state index is 0.336. The fourth-order valence-electron chi connectivity index (χ4n) is 1.71. The second-order valence-electron chi connectivity index (χ2n) is 4.30. The lowest BCUT2D eigenvalue weighted by Crippen LogP contribution is -2.13. The van der Waals surface area contributed by atoms with Crippen LogP contribution in [0.1, 0.15) is 16.8 Å². The van der Waals surface area contributed by atoms with E-state index in [9.17, 15) is 0 Å². The predicted octanol–water partition coefficient (Wildman–Crippen LogP) is 3.84. The van der Waals surface area contributed by atoms with Crippen LogP contribution in [-0.2, 0) is 0 Å². The Morgan fingerprint density at radius 2 is 2.00 bits per heavy atom. The van der Waals surface area contributed by atoms with Gasteiger partial charge in [-0.05, 0) is 43.7 Å². The van der Waals surface area contributed by atoms with Crippen molar-refractivity contribution in [2.24, 2.45) is 5.73 Å². The van der Waals surface area contributed by atoms with E-state index in [0.29, 0.717) is 10.8 Å². The highest BCUT2D eigenvalue weighted by molar-refractivity contribution is 9.10. The van der Waals surface area contributed by atoms with Crippen molar-refractivity contribution in [3.05, 3.63) is 51.6 Å². The number of nitrogens with two attached hydrogens (primary N) is 1. The smallest absolute Gasteiger partial charge is 0.140 e. The average molecular weight is 336 g/mol. The molecule has 2 aromatic rings. The standard InChI is InChI=1S/C14H14BrN3S/c1-8-3-5-10(15)7-12(8)18-14-11(13(16)19)6-4-9(2)17-14/h3-7H,1-2H3,(H2,16,19)(H,17,18). The molecule has 3 N–H and O–H groups in total. The van der Waals surface area contributed by atoms with E-state index >= 15 is 0 Å². The van der Waals surface area contributed by atoms with E-state index < -0.39 is 0 Å². The highest BCUT2D eigenvalue weighted by atomic mass is 79.9. The monoisotopic (exact) mass is 335 g/mol. The van der Waals surface area contributed by atoms with Crippen molar-refractivity contribution in [1.29, 1.82) is 0 Å². The molecule has 0 spiro atoms. The van der Waals surface area contributed by atoms with Gasteiger partial charge in [0.2, 0.25) is 0 Å². The third-order valence-corrected chi connectivity index (χ3v) is 3.47. The third-order valence-electron chi connectivity index (χ3n) is 2.75. The topological polar surface area (TPSA) is 50.9 Å². The quantitative estimate of drug-likeness (QED) is 0.836. The number of aryl methyl sites for hydroxylation is 2. The summed E-state index contributed by atoms with van der Waals surface area (Å²) in [6.45, 7) is 3.97. The van der Waals surface area contributed by atoms with Crippen LogP contribution in [0.25, 0.3) is 0 Å². The van der Waals surface area contributed by atoms with Crippen LogP contribution < -0.4 is 11.1 Å². The van der Waals surface area contributed by atoms with Gasteiger partial charge in [-0.1, -0.05) is 34.2 Å². The first-order valence-corrected chi connectivity index (χ1v) is 6.98. The van der Waals surface area contributed by atoms with Crippen LogP contribution in [-0.4, -0.2) is 9.97 Å². The molecule has 0 aliphatic rings. The summed E-state index contributed by atoms with van der Waals surface area (Å²) in [5.74, 6) is 0.689. The molecule has 98 valence electrons. The molecule has 3 nitrogen and oxygen atoms in total. The first-order chi connectivity index (χ1) is 8.97. The van der Waals surface area contributed by atoms with Gasteiger partial charge in [0.05, 0.1) is 5.56 Å². The predicted molar refractivity (Wildman–Crippen MR) is 87.0 cm³/mol. The Balaban J connectivity index is 2.45. The number of pyridine rings is 1. The number of hydrogen-bond donors (Lipinski definition) is 2. The van der Waals surface area contributed by atoms with Gasteiger partial charge in [0, 0.05) is 15.9 Å². The van der Waals surface area contributed by atoms with Gasteiger partial charge in [-0.3, -0.25) is 0 Å². The van der Waals surface area contributed by atoms with E-state index in [1.165, 1.54) is 0 Å². The fraction of sp³-hybridized carbons (Fsp3) is 0.143. The molecule has 0 unspecified atom stereocenters. The zero-order valence-corrected chi connectivity index (χ0v) is 13.1. The summed E-state index contributed by atoms with van der Waals surface area (Å²) in [4.78, 5) is 4.80. The van der Waals surface area contributed by atoms with Crippen molar-refractivity contribution in [1.82, 2.24) is 4.98 Å². The summed E-state index contributed by atoms with van der Waals surface area (Å²) in [6, 6.07) is 9.82. The molecule has 0 saturated heterocycles. The Morgan fingerprint density at radius 1 is 1.26 bits per heavy atom. The van der Waals surface area contributed by atoms with Gasteiger partial charge >= 0.3 is 0 Å². The highest BCUT2D eigenvalue weighted by Crippen LogP contribution is 2.25. The maximum Gasteiger partial charge on any atom is 0.140 e. The minimum Gasteiger partial charge on any atom is -0.389 e. The summed E-state index contributed by atoms with van der Waals surface area (Å²) in [6.07, 6.45) is 0. The lowest BCUT2D eigenvalue weighted by molar-refractivity contribution is 1.19. The number of benzene rings is 1. The minimum atomic E-state index is 0.336. The van der Waals surface area contributed by atoms with Crippen LogP contribution in [0.5, 0.6) is 0 Å².